The Morgan fingerprint density at radius 2 is 2.13 bits per heavy atom. The second kappa shape index (κ2) is 6.78. The van der Waals surface area contributed by atoms with Crippen LogP contribution >= 0.6 is 0 Å². The van der Waals surface area contributed by atoms with Gasteiger partial charge in [0.25, 0.3) is 0 Å². The average molecular weight is 315 g/mol. The first-order valence-electron chi connectivity index (χ1n) is 7.82. The normalized spacial score (nSPS) is 15.5. The highest BCUT2D eigenvalue weighted by molar-refractivity contribution is 5.91. The number of para-hydroxylation sites is 1. The third-order valence-electron chi connectivity index (χ3n) is 4.08. The molecule has 1 saturated heterocycles. The van der Waals surface area contributed by atoms with Gasteiger partial charge in [-0.25, -0.2) is 4.68 Å². The fourth-order valence-corrected chi connectivity index (χ4v) is 2.77. The molecule has 2 aromatic rings. The molecule has 1 aliphatic rings. The lowest BCUT2D eigenvalue weighted by Crippen LogP contribution is -2.27. The maximum absolute atomic E-state index is 12.2. The number of hydrogen-bond donors (Lipinski definition) is 3. The Morgan fingerprint density at radius 1 is 1.39 bits per heavy atom. The fraction of sp³-hybridized carbons (Fsp3) is 0.438. The number of aromatic hydroxyl groups is 1. The van der Waals surface area contributed by atoms with Crippen molar-refractivity contribution in [3.8, 4) is 5.75 Å². The van der Waals surface area contributed by atoms with Gasteiger partial charge in [0.1, 0.15) is 5.75 Å². The van der Waals surface area contributed by atoms with Gasteiger partial charge in [-0.1, -0.05) is 18.2 Å². The monoisotopic (exact) mass is 315 g/mol. The fourth-order valence-electron chi connectivity index (χ4n) is 2.77. The molecule has 0 bridgehead atoms. The number of piperidine rings is 1. The van der Waals surface area contributed by atoms with Gasteiger partial charge in [-0.3, -0.25) is 10.1 Å². The molecule has 0 saturated carbocycles. The van der Waals surface area contributed by atoms with Crippen LogP contribution in [-0.4, -0.2) is 38.9 Å². The van der Waals surface area contributed by atoms with E-state index in [9.17, 15) is 9.90 Å². The maximum Gasteiger partial charge on any atom is 0.231 e. The summed E-state index contributed by atoms with van der Waals surface area (Å²) in [7, 11) is 1.77. The molecule has 1 fully saturated rings. The molecule has 0 radical (unpaired) electrons. The van der Waals surface area contributed by atoms with Gasteiger partial charge in [0, 0.05) is 18.5 Å². The van der Waals surface area contributed by atoms with Gasteiger partial charge >= 0.3 is 0 Å². The molecule has 1 aromatic heterocycles. The van der Waals surface area contributed by atoms with Gasteiger partial charge in [-0.15, -0.1) is 0 Å². The summed E-state index contributed by atoms with van der Waals surface area (Å²) in [6.07, 6.45) is 2.12. The van der Waals surface area contributed by atoms with Crippen LogP contribution in [-0.2, 0) is 18.3 Å². The number of benzene rings is 1. The van der Waals surface area contributed by atoms with Crippen LogP contribution < -0.4 is 10.6 Å². The number of carbonyl (C=O) groups is 1. The molecule has 2 heterocycles. The topological polar surface area (TPSA) is 92.1 Å². The third kappa shape index (κ3) is 3.68. The van der Waals surface area contributed by atoms with E-state index < -0.39 is 0 Å². The van der Waals surface area contributed by atoms with Crippen molar-refractivity contribution in [3.63, 3.8) is 0 Å². The summed E-state index contributed by atoms with van der Waals surface area (Å²) in [5.41, 5.74) is 0.589. The zero-order valence-corrected chi connectivity index (χ0v) is 13.1. The Balaban J connectivity index is 1.66. The molecule has 7 heteroatoms. The molecule has 7 nitrogen and oxygen atoms in total. The number of aryl methyl sites for hydroxylation is 1. The van der Waals surface area contributed by atoms with Gasteiger partial charge in [-0.05, 0) is 32.0 Å². The molecule has 1 aliphatic heterocycles. The van der Waals surface area contributed by atoms with E-state index in [-0.39, 0.29) is 18.1 Å². The quantitative estimate of drug-likeness (QED) is 0.788. The minimum atomic E-state index is -0.223. The summed E-state index contributed by atoms with van der Waals surface area (Å²) in [6, 6.07) is 6.82. The molecule has 3 N–H and O–H groups in total. The van der Waals surface area contributed by atoms with E-state index in [0.29, 0.717) is 17.4 Å². The summed E-state index contributed by atoms with van der Waals surface area (Å²) in [5, 5.41) is 20.2. The number of anilines is 1. The summed E-state index contributed by atoms with van der Waals surface area (Å²) in [5.74, 6) is 1.46. The number of phenols is 1. The number of phenolic OH excluding ortho intramolecular Hbond substituents is 1. The molecule has 3 rings (SSSR count). The Bertz CT molecular complexity index is 692. The predicted molar refractivity (Wildman–Crippen MR) is 86.3 cm³/mol. The van der Waals surface area contributed by atoms with E-state index in [2.05, 4.69) is 20.7 Å². The van der Waals surface area contributed by atoms with Crippen molar-refractivity contribution < 1.29 is 9.90 Å². The third-order valence-corrected chi connectivity index (χ3v) is 4.08. The molecule has 0 aliphatic carbocycles. The van der Waals surface area contributed by atoms with E-state index in [4.69, 9.17) is 0 Å². The number of nitrogens with zero attached hydrogens (tertiary/aromatic N) is 3. The molecular formula is C16H21N5O2. The molecule has 1 amide bonds. The number of hydrogen-bond acceptors (Lipinski definition) is 5. The second-order valence-corrected chi connectivity index (χ2v) is 5.80. The first kappa shape index (κ1) is 15.5. The lowest BCUT2D eigenvalue weighted by molar-refractivity contribution is -0.115. The Hall–Kier alpha value is -2.41. The van der Waals surface area contributed by atoms with Gasteiger partial charge in [0.05, 0.1) is 6.42 Å². The van der Waals surface area contributed by atoms with Crippen LogP contribution in [0.25, 0.3) is 0 Å². The van der Waals surface area contributed by atoms with Crippen molar-refractivity contribution in [2.45, 2.75) is 25.2 Å². The molecule has 122 valence electrons. The van der Waals surface area contributed by atoms with E-state index in [1.165, 1.54) is 0 Å². The van der Waals surface area contributed by atoms with Crippen LogP contribution in [0.4, 0.5) is 5.95 Å². The zero-order chi connectivity index (χ0) is 16.2. The second-order valence-electron chi connectivity index (χ2n) is 5.80. The van der Waals surface area contributed by atoms with Crippen molar-refractivity contribution in [1.29, 1.82) is 0 Å². The van der Waals surface area contributed by atoms with E-state index in [1.807, 2.05) is 0 Å². The summed E-state index contributed by atoms with van der Waals surface area (Å²) in [4.78, 5) is 16.6. The predicted octanol–water partition coefficient (Wildman–Crippen LogP) is 1.17. The number of amides is 1. The van der Waals surface area contributed by atoms with Crippen LogP contribution in [0, 0.1) is 0 Å². The molecule has 0 unspecified atom stereocenters. The van der Waals surface area contributed by atoms with Crippen LogP contribution in [0.3, 0.4) is 0 Å². The van der Waals surface area contributed by atoms with Crippen molar-refractivity contribution in [1.82, 2.24) is 20.1 Å². The summed E-state index contributed by atoms with van der Waals surface area (Å²) in [6.45, 7) is 1.94. The standard InChI is InChI=1S/C16H21N5O2/c1-21-16(19-15(20-21)11-6-8-17-9-7-11)18-14(23)10-12-4-2-3-5-13(12)22/h2-5,11,17,22H,6-10H2,1H3,(H,18,19,20,23). The Morgan fingerprint density at radius 3 is 2.87 bits per heavy atom. The van der Waals surface area contributed by atoms with Crippen LogP contribution in [0.15, 0.2) is 24.3 Å². The highest BCUT2D eigenvalue weighted by Crippen LogP contribution is 2.23. The van der Waals surface area contributed by atoms with Gasteiger partial charge < -0.3 is 10.4 Å². The lowest BCUT2D eigenvalue weighted by Gasteiger charge is -2.19. The Kier molecular flexibility index (Phi) is 4.57. The number of aromatic nitrogens is 3. The Labute approximate surface area is 134 Å². The van der Waals surface area contributed by atoms with Crippen molar-refractivity contribution >= 4 is 11.9 Å². The summed E-state index contributed by atoms with van der Waals surface area (Å²) >= 11 is 0. The lowest BCUT2D eigenvalue weighted by atomic mass is 9.98. The van der Waals surface area contributed by atoms with Crippen molar-refractivity contribution in [3.05, 3.63) is 35.7 Å². The minimum absolute atomic E-state index is 0.0994. The van der Waals surface area contributed by atoms with Gasteiger partial charge in [0.2, 0.25) is 11.9 Å². The van der Waals surface area contributed by atoms with E-state index >= 15 is 0 Å². The van der Waals surface area contributed by atoms with Gasteiger partial charge in [-0.2, -0.15) is 10.1 Å². The first-order valence-corrected chi connectivity index (χ1v) is 7.82. The van der Waals surface area contributed by atoms with Crippen molar-refractivity contribution in [2.75, 3.05) is 18.4 Å². The largest absolute Gasteiger partial charge is 0.508 e. The molecule has 23 heavy (non-hydrogen) atoms. The highest BCUT2D eigenvalue weighted by Gasteiger charge is 2.21. The number of rotatable bonds is 4. The first-order chi connectivity index (χ1) is 11.1. The maximum atomic E-state index is 12.2. The van der Waals surface area contributed by atoms with Crippen molar-refractivity contribution in [2.24, 2.45) is 7.05 Å². The zero-order valence-electron chi connectivity index (χ0n) is 13.1. The number of nitrogens with one attached hydrogen (secondary N) is 2. The van der Waals surface area contributed by atoms with E-state index in [0.717, 1.165) is 31.8 Å². The SMILES string of the molecule is Cn1nc(C2CCNCC2)nc1NC(=O)Cc1ccccc1O. The summed E-state index contributed by atoms with van der Waals surface area (Å²) < 4.78 is 1.60. The minimum Gasteiger partial charge on any atom is -0.508 e. The highest BCUT2D eigenvalue weighted by atomic mass is 16.3. The van der Waals surface area contributed by atoms with Gasteiger partial charge in [0.15, 0.2) is 5.82 Å². The van der Waals surface area contributed by atoms with Crippen LogP contribution in [0.2, 0.25) is 0 Å². The van der Waals surface area contributed by atoms with E-state index in [1.54, 1.807) is 36.0 Å². The number of carbonyl (C=O) groups excluding carboxylic acids is 1. The molecule has 0 spiro atoms. The molecule has 1 aromatic carbocycles. The van der Waals surface area contributed by atoms with Crippen LogP contribution in [0.1, 0.15) is 30.1 Å². The smallest absolute Gasteiger partial charge is 0.231 e. The van der Waals surface area contributed by atoms with Crippen LogP contribution in [0.5, 0.6) is 5.75 Å². The molecule has 0 atom stereocenters. The average Bonchev–Trinajstić information content (AvgIpc) is 2.91. The molecular weight excluding hydrogens is 294 g/mol.